The van der Waals surface area contributed by atoms with Gasteiger partial charge in [0.05, 0.1) is 31.5 Å². The molecule has 2 aliphatic heterocycles. The minimum atomic E-state index is -0.316. The Bertz CT molecular complexity index is 1160. The average Bonchev–Trinajstić information content (AvgIpc) is 3.32. The number of ether oxygens (including phenoxy) is 2. The third-order valence-corrected chi connectivity index (χ3v) is 6.83. The van der Waals surface area contributed by atoms with E-state index in [0.717, 1.165) is 56.3 Å². The van der Waals surface area contributed by atoms with Crippen LogP contribution in [-0.2, 0) is 9.47 Å². The third kappa shape index (κ3) is 5.32. The van der Waals surface area contributed by atoms with E-state index >= 15 is 0 Å². The van der Waals surface area contributed by atoms with Crippen molar-refractivity contribution in [2.45, 2.75) is 13.0 Å². The molecule has 0 aliphatic carbocycles. The fraction of sp³-hybridized carbons (Fsp3) is 0.462. The Balaban J connectivity index is 1.34. The predicted molar refractivity (Wildman–Crippen MR) is 135 cm³/mol. The van der Waals surface area contributed by atoms with Gasteiger partial charge in [-0.1, -0.05) is 0 Å². The second-order valence-corrected chi connectivity index (χ2v) is 9.37. The van der Waals surface area contributed by atoms with Crippen LogP contribution in [0.4, 0.5) is 15.8 Å². The molecule has 0 saturated carbocycles. The number of aromatic nitrogens is 3. The molecule has 0 N–H and O–H groups in total. The fourth-order valence-electron chi connectivity index (χ4n) is 4.64. The molecule has 35 heavy (non-hydrogen) atoms. The van der Waals surface area contributed by atoms with Crippen LogP contribution >= 0.6 is 0 Å². The summed E-state index contributed by atoms with van der Waals surface area (Å²) in [6.45, 7) is 9.12. The summed E-state index contributed by atoms with van der Waals surface area (Å²) < 4.78 is 26.7. The largest absolute Gasteiger partial charge is 0.383 e. The first-order chi connectivity index (χ1) is 17.0. The zero-order chi connectivity index (χ0) is 24.4. The van der Waals surface area contributed by atoms with E-state index in [0.29, 0.717) is 30.6 Å². The number of anilines is 2. The highest BCUT2D eigenvalue weighted by molar-refractivity contribution is 5.63. The summed E-state index contributed by atoms with van der Waals surface area (Å²) in [5.74, 6) is 0.175. The number of benzene rings is 2. The summed E-state index contributed by atoms with van der Waals surface area (Å²) in [5.41, 5.74) is 4.71. The Hall–Kier alpha value is -3.01. The van der Waals surface area contributed by atoms with Crippen molar-refractivity contribution in [3.63, 3.8) is 0 Å². The first-order valence-electron chi connectivity index (χ1n) is 12.1. The Kier molecular flexibility index (Phi) is 6.99. The second-order valence-electron chi connectivity index (χ2n) is 9.37. The molecule has 9 heteroatoms. The monoisotopic (exact) mass is 480 g/mol. The Morgan fingerprint density at radius 2 is 1.83 bits per heavy atom. The lowest BCUT2D eigenvalue weighted by molar-refractivity contribution is -0.0660. The summed E-state index contributed by atoms with van der Waals surface area (Å²) >= 11 is 0. The van der Waals surface area contributed by atoms with Crippen molar-refractivity contribution in [2.24, 2.45) is 0 Å². The molecule has 0 radical (unpaired) electrons. The van der Waals surface area contributed by atoms with E-state index in [4.69, 9.17) is 14.6 Å². The van der Waals surface area contributed by atoms with Crippen molar-refractivity contribution in [2.75, 3.05) is 76.5 Å². The molecule has 186 valence electrons. The van der Waals surface area contributed by atoms with Gasteiger partial charge in [-0.2, -0.15) is 0 Å². The van der Waals surface area contributed by atoms with Gasteiger partial charge in [-0.15, -0.1) is 5.10 Å². The molecule has 2 aliphatic rings. The van der Waals surface area contributed by atoms with Crippen molar-refractivity contribution in [3.05, 3.63) is 54.1 Å². The standard InChI is InChI=1S/C26H33FN6O2/c1-19-10-23(31-4-6-32(7-5-31)25-16-35-17-25)15-24(11-19)33-18-28-26(29-33)20-12-21(27)14-22(13-20)30(2)8-9-34-3/h10-15,18,25H,4-9,16-17H2,1-3H3. The van der Waals surface area contributed by atoms with Crippen molar-refractivity contribution in [1.29, 1.82) is 0 Å². The molecule has 2 fully saturated rings. The normalized spacial score (nSPS) is 17.0. The number of hydrogen-bond donors (Lipinski definition) is 0. The molecule has 2 saturated heterocycles. The number of likely N-dealkylation sites (N-methyl/N-ethyl adjacent to an activating group) is 1. The maximum Gasteiger partial charge on any atom is 0.181 e. The van der Waals surface area contributed by atoms with Crippen LogP contribution in [-0.4, -0.2) is 92.4 Å². The molecule has 0 unspecified atom stereocenters. The minimum absolute atomic E-state index is 0.316. The van der Waals surface area contributed by atoms with Gasteiger partial charge in [-0.25, -0.2) is 14.1 Å². The molecular weight excluding hydrogens is 447 g/mol. The second kappa shape index (κ2) is 10.3. The fourth-order valence-corrected chi connectivity index (χ4v) is 4.64. The van der Waals surface area contributed by atoms with E-state index < -0.39 is 0 Å². The van der Waals surface area contributed by atoms with Gasteiger partial charge in [0.2, 0.25) is 0 Å². The number of rotatable bonds is 8. The molecule has 0 amide bonds. The van der Waals surface area contributed by atoms with E-state index in [9.17, 15) is 4.39 Å². The summed E-state index contributed by atoms with van der Waals surface area (Å²) in [5, 5.41) is 4.69. The highest BCUT2D eigenvalue weighted by Gasteiger charge is 2.29. The number of aryl methyl sites for hydroxylation is 1. The molecule has 2 aromatic carbocycles. The zero-order valence-electron chi connectivity index (χ0n) is 20.7. The van der Waals surface area contributed by atoms with E-state index in [2.05, 4.69) is 39.9 Å². The molecule has 0 bridgehead atoms. The van der Waals surface area contributed by atoms with E-state index in [1.54, 1.807) is 18.1 Å². The van der Waals surface area contributed by atoms with Crippen molar-refractivity contribution >= 4 is 11.4 Å². The van der Waals surface area contributed by atoms with Crippen LogP contribution in [0.25, 0.3) is 17.1 Å². The summed E-state index contributed by atoms with van der Waals surface area (Å²) in [6, 6.07) is 12.0. The van der Waals surface area contributed by atoms with Crippen LogP contribution in [0, 0.1) is 12.7 Å². The molecule has 0 spiro atoms. The molecular formula is C26H33FN6O2. The van der Waals surface area contributed by atoms with Gasteiger partial charge in [-0.3, -0.25) is 4.90 Å². The Morgan fingerprint density at radius 3 is 2.54 bits per heavy atom. The Labute approximate surface area is 205 Å². The summed E-state index contributed by atoms with van der Waals surface area (Å²) in [6.07, 6.45) is 1.70. The smallest absolute Gasteiger partial charge is 0.181 e. The molecule has 0 atom stereocenters. The van der Waals surface area contributed by atoms with Gasteiger partial charge in [-0.05, 0) is 48.9 Å². The van der Waals surface area contributed by atoms with Crippen LogP contribution in [0.2, 0.25) is 0 Å². The maximum absolute atomic E-state index is 14.4. The first-order valence-corrected chi connectivity index (χ1v) is 12.1. The average molecular weight is 481 g/mol. The van der Waals surface area contributed by atoms with Gasteiger partial charge in [0.1, 0.15) is 12.1 Å². The molecule has 3 aromatic rings. The predicted octanol–water partition coefficient (Wildman–Crippen LogP) is 2.99. The van der Waals surface area contributed by atoms with Crippen LogP contribution in [0.3, 0.4) is 0 Å². The number of methoxy groups -OCH3 is 1. The summed E-state index contributed by atoms with van der Waals surface area (Å²) in [4.78, 5) is 11.4. The maximum atomic E-state index is 14.4. The van der Waals surface area contributed by atoms with Crippen molar-refractivity contribution in [1.82, 2.24) is 19.7 Å². The van der Waals surface area contributed by atoms with Crippen LogP contribution in [0.15, 0.2) is 42.7 Å². The molecule has 3 heterocycles. The highest BCUT2D eigenvalue weighted by Crippen LogP contribution is 2.26. The number of nitrogens with zero attached hydrogens (tertiary/aromatic N) is 6. The molecule has 8 nitrogen and oxygen atoms in total. The van der Waals surface area contributed by atoms with Crippen molar-refractivity contribution < 1.29 is 13.9 Å². The van der Waals surface area contributed by atoms with Crippen molar-refractivity contribution in [3.8, 4) is 17.1 Å². The number of halogens is 1. The summed E-state index contributed by atoms with van der Waals surface area (Å²) in [7, 11) is 3.57. The first kappa shape index (κ1) is 23.7. The quantitative estimate of drug-likeness (QED) is 0.491. The third-order valence-electron chi connectivity index (χ3n) is 6.83. The molecule has 1 aromatic heterocycles. The lowest BCUT2D eigenvalue weighted by Crippen LogP contribution is -2.56. The lowest BCUT2D eigenvalue weighted by atomic mass is 10.1. The van der Waals surface area contributed by atoms with Crippen LogP contribution < -0.4 is 9.80 Å². The van der Waals surface area contributed by atoms with Gasteiger partial charge in [0.15, 0.2) is 5.82 Å². The van der Waals surface area contributed by atoms with Crippen LogP contribution in [0.5, 0.6) is 0 Å². The van der Waals surface area contributed by atoms with Crippen LogP contribution in [0.1, 0.15) is 5.56 Å². The molecule has 5 rings (SSSR count). The number of piperazine rings is 1. The SMILES string of the molecule is COCCN(C)c1cc(F)cc(-c2ncn(-c3cc(C)cc(N4CCN(C5COC5)CC4)c3)n2)c1. The lowest BCUT2D eigenvalue weighted by Gasteiger charge is -2.43. The van der Waals surface area contributed by atoms with E-state index in [1.807, 2.05) is 18.0 Å². The van der Waals surface area contributed by atoms with Gasteiger partial charge < -0.3 is 19.3 Å². The zero-order valence-corrected chi connectivity index (χ0v) is 20.7. The highest BCUT2D eigenvalue weighted by atomic mass is 19.1. The Morgan fingerprint density at radius 1 is 1.06 bits per heavy atom. The van der Waals surface area contributed by atoms with E-state index in [1.165, 1.54) is 17.8 Å². The van der Waals surface area contributed by atoms with Gasteiger partial charge in [0, 0.05) is 63.8 Å². The minimum Gasteiger partial charge on any atom is -0.383 e. The topological polar surface area (TPSA) is 58.9 Å². The van der Waals surface area contributed by atoms with Gasteiger partial charge >= 0.3 is 0 Å². The van der Waals surface area contributed by atoms with Gasteiger partial charge in [0.25, 0.3) is 0 Å². The van der Waals surface area contributed by atoms with E-state index in [-0.39, 0.29) is 5.82 Å². The number of hydrogen-bond acceptors (Lipinski definition) is 7.